The Bertz CT molecular complexity index is 486. The molecule has 0 aliphatic rings. The molecular weight excluding hydrogens is 240 g/mol. The minimum absolute atomic E-state index is 0.0409. The van der Waals surface area contributed by atoms with Crippen LogP contribution in [0.4, 0.5) is 0 Å². The van der Waals surface area contributed by atoms with E-state index >= 15 is 0 Å². The van der Waals surface area contributed by atoms with Crippen molar-refractivity contribution in [1.82, 2.24) is 9.88 Å². The van der Waals surface area contributed by atoms with Crippen molar-refractivity contribution in [2.45, 2.75) is 20.8 Å². The molecule has 0 aliphatic heterocycles. The second kappa shape index (κ2) is 7.55. The molecule has 0 bridgehead atoms. The molecule has 1 N–H and O–H groups in total. The molecule has 0 spiro atoms. The number of aliphatic hydroxyl groups excluding tert-OH is 1. The van der Waals surface area contributed by atoms with Gasteiger partial charge in [0.2, 0.25) is 0 Å². The number of aliphatic hydroxyl groups is 1. The predicted octanol–water partition coefficient (Wildman–Crippen LogP) is 1.54. The van der Waals surface area contributed by atoms with E-state index in [0.29, 0.717) is 30.1 Å². The lowest BCUT2D eigenvalue weighted by atomic mass is 10.1. The molecule has 0 saturated heterocycles. The SMILES string of the molecule is CCN(CC(C)C)C(=O)c1ccncc1C#CCO. The average Bonchev–Trinajstić information content (AvgIpc) is 2.41. The number of pyridine rings is 1. The molecule has 1 heterocycles. The summed E-state index contributed by atoms with van der Waals surface area (Å²) in [5.74, 6) is 5.69. The predicted molar refractivity (Wildman–Crippen MR) is 74.6 cm³/mol. The van der Waals surface area contributed by atoms with Gasteiger partial charge in [-0.05, 0) is 18.9 Å². The van der Waals surface area contributed by atoms with Crippen LogP contribution in [0.15, 0.2) is 18.5 Å². The Kier molecular flexibility index (Phi) is 6.04. The van der Waals surface area contributed by atoms with E-state index in [2.05, 4.69) is 30.7 Å². The molecule has 0 aliphatic carbocycles. The molecule has 0 saturated carbocycles. The largest absolute Gasteiger partial charge is 0.384 e. The molecule has 0 aromatic carbocycles. The van der Waals surface area contributed by atoms with Gasteiger partial charge in [0.15, 0.2) is 0 Å². The van der Waals surface area contributed by atoms with Crippen molar-refractivity contribution >= 4 is 5.91 Å². The highest BCUT2D eigenvalue weighted by molar-refractivity contribution is 5.96. The summed E-state index contributed by atoms with van der Waals surface area (Å²) in [5.41, 5.74) is 1.10. The fraction of sp³-hybridized carbons (Fsp3) is 0.467. The van der Waals surface area contributed by atoms with Gasteiger partial charge in [-0.2, -0.15) is 0 Å². The lowest BCUT2D eigenvalue weighted by Crippen LogP contribution is -2.34. The zero-order valence-corrected chi connectivity index (χ0v) is 11.7. The molecule has 0 radical (unpaired) electrons. The van der Waals surface area contributed by atoms with Crippen molar-refractivity contribution < 1.29 is 9.90 Å². The standard InChI is InChI=1S/C15H20N2O2/c1-4-17(11-12(2)3)15(19)14-7-8-16-10-13(14)6-5-9-18/h7-8,10,12,18H,4,9,11H2,1-3H3. The molecule has 4 nitrogen and oxygen atoms in total. The Morgan fingerprint density at radius 1 is 1.53 bits per heavy atom. The van der Waals surface area contributed by atoms with Crippen LogP contribution in [0.5, 0.6) is 0 Å². The molecule has 19 heavy (non-hydrogen) atoms. The second-order valence-corrected chi connectivity index (χ2v) is 4.62. The summed E-state index contributed by atoms with van der Waals surface area (Å²) in [5, 5.41) is 8.74. The van der Waals surface area contributed by atoms with Gasteiger partial charge in [-0.15, -0.1) is 0 Å². The van der Waals surface area contributed by atoms with E-state index in [0.717, 1.165) is 0 Å². The molecule has 1 amide bonds. The van der Waals surface area contributed by atoms with Gasteiger partial charge in [-0.3, -0.25) is 9.78 Å². The lowest BCUT2D eigenvalue weighted by Gasteiger charge is -2.23. The van der Waals surface area contributed by atoms with Gasteiger partial charge in [-0.25, -0.2) is 0 Å². The molecule has 0 unspecified atom stereocenters. The third-order valence-electron chi connectivity index (χ3n) is 2.61. The number of amides is 1. The Morgan fingerprint density at radius 2 is 2.26 bits per heavy atom. The summed E-state index contributed by atoms with van der Waals surface area (Å²) in [4.78, 5) is 18.2. The highest BCUT2D eigenvalue weighted by Crippen LogP contribution is 2.11. The number of rotatable bonds is 4. The van der Waals surface area contributed by atoms with Crippen molar-refractivity contribution in [3.05, 3.63) is 29.6 Å². The fourth-order valence-electron chi connectivity index (χ4n) is 1.78. The van der Waals surface area contributed by atoms with Crippen LogP contribution in [0.3, 0.4) is 0 Å². The highest BCUT2D eigenvalue weighted by Gasteiger charge is 2.17. The normalized spacial score (nSPS) is 9.95. The van der Waals surface area contributed by atoms with Crippen LogP contribution in [0.25, 0.3) is 0 Å². The molecule has 102 valence electrons. The first kappa shape index (κ1) is 15.2. The number of carbonyl (C=O) groups excluding carboxylic acids is 1. The summed E-state index contributed by atoms with van der Waals surface area (Å²) in [6, 6.07) is 1.67. The smallest absolute Gasteiger partial charge is 0.255 e. The van der Waals surface area contributed by atoms with Crippen LogP contribution >= 0.6 is 0 Å². The third kappa shape index (κ3) is 4.38. The second-order valence-electron chi connectivity index (χ2n) is 4.62. The first-order valence-corrected chi connectivity index (χ1v) is 6.43. The maximum atomic E-state index is 12.5. The van der Waals surface area contributed by atoms with Gasteiger partial charge in [-0.1, -0.05) is 25.7 Å². The van der Waals surface area contributed by atoms with Gasteiger partial charge in [0, 0.05) is 25.5 Å². The van der Waals surface area contributed by atoms with E-state index in [1.54, 1.807) is 23.4 Å². The van der Waals surface area contributed by atoms with Crippen molar-refractivity contribution in [2.24, 2.45) is 5.92 Å². The number of hydrogen-bond acceptors (Lipinski definition) is 3. The van der Waals surface area contributed by atoms with E-state index in [4.69, 9.17) is 5.11 Å². The van der Waals surface area contributed by atoms with E-state index in [-0.39, 0.29) is 12.5 Å². The van der Waals surface area contributed by atoms with E-state index < -0.39 is 0 Å². The van der Waals surface area contributed by atoms with E-state index in [9.17, 15) is 4.79 Å². The van der Waals surface area contributed by atoms with Crippen LogP contribution < -0.4 is 0 Å². The van der Waals surface area contributed by atoms with E-state index in [1.807, 2.05) is 6.92 Å². The first-order chi connectivity index (χ1) is 9.10. The van der Waals surface area contributed by atoms with E-state index in [1.165, 1.54) is 0 Å². The maximum Gasteiger partial charge on any atom is 0.255 e. The Morgan fingerprint density at radius 3 is 2.84 bits per heavy atom. The van der Waals surface area contributed by atoms with Gasteiger partial charge >= 0.3 is 0 Å². The van der Waals surface area contributed by atoms with Crippen LogP contribution in [-0.2, 0) is 0 Å². The summed E-state index contributed by atoms with van der Waals surface area (Å²) in [6.07, 6.45) is 3.14. The molecule has 4 heteroatoms. The lowest BCUT2D eigenvalue weighted by molar-refractivity contribution is 0.0745. The van der Waals surface area contributed by atoms with Crippen molar-refractivity contribution in [3.8, 4) is 11.8 Å². The van der Waals surface area contributed by atoms with Crippen LogP contribution in [0.2, 0.25) is 0 Å². The Hall–Kier alpha value is -1.86. The van der Waals surface area contributed by atoms with Gasteiger partial charge in [0.25, 0.3) is 5.91 Å². The molecule has 0 atom stereocenters. The van der Waals surface area contributed by atoms with Crippen molar-refractivity contribution in [1.29, 1.82) is 0 Å². The molecular formula is C15H20N2O2. The number of hydrogen-bond donors (Lipinski definition) is 1. The van der Waals surface area contributed by atoms with Gasteiger partial charge < -0.3 is 10.0 Å². The molecule has 1 rings (SSSR count). The van der Waals surface area contributed by atoms with Gasteiger partial charge in [0.05, 0.1) is 11.1 Å². The summed E-state index contributed by atoms with van der Waals surface area (Å²) in [7, 11) is 0. The summed E-state index contributed by atoms with van der Waals surface area (Å²) < 4.78 is 0. The molecule has 0 fully saturated rings. The number of nitrogens with zero attached hydrogens (tertiary/aromatic N) is 2. The molecule has 1 aromatic heterocycles. The van der Waals surface area contributed by atoms with Crippen molar-refractivity contribution in [2.75, 3.05) is 19.7 Å². The van der Waals surface area contributed by atoms with Gasteiger partial charge in [0.1, 0.15) is 6.61 Å². The summed E-state index contributed by atoms with van der Waals surface area (Å²) >= 11 is 0. The average molecular weight is 260 g/mol. The monoisotopic (exact) mass is 260 g/mol. The molecule has 1 aromatic rings. The fourth-order valence-corrected chi connectivity index (χ4v) is 1.78. The number of aromatic nitrogens is 1. The maximum absolute atomic E-state index is 12.5. The number of carbonyl (C=O) groups is 1. The van der Waals surface area contributed by atoms with Crippen LogP contribution in [0.1, 0.15) is 36.7 Å². The van der Waals surface area contributed by atoms with Crippen LogP contribution in [0, 0.1) is 17.8 Å². The minimum atomic E-state index is -0.230. The summed E-state index contributed by atoms with van der Waals surface area (Å²) in [6.45, 7) is 7.26. The Balaban J connectivity index is 3.04. The zero-order valence-electron chi connectivity index (χ0n) is 11.7. The highest BCUT2D eigenvalue weighted by atomic mass is 16.2. The van der Waals surface area contributed by atoms with Crippen LogP contribution in [-0.4, -0.2) is 40.6 Å². The zero-order chi connectivity index (χ0) is 14.3. The van der Waals surface area contributed by atoms with Crippen molar-refractivity contribution in [3.63, 3.8) is 0 Å². The Labute approximate surface area is 114 Å². The minimum Gasteiger partial charge on any atom is -0.384 e. The first-order valence-electron chi connectivity index (χ1n) is 6.43. The third-order valence-corrected chi connectivity index (χ3v) is 2.61. The quantitative estimate of drug-likeness (QED) is 0.836. The topological polar surface area (TPSA) is 53.4 Å².